The minimum absolute atomic E-state index is 0.0647. The van der Waals surface area contributed by atoms with Crippen LogP contribution in [0.15, 0.2) is 18.2 Å². The second-order valence-electron chi connectivity index (χ2n) is 6.63. The predicted molar refractivity (Wildman–Crippen MR) is 97.7 cm³/mol. The first kappa shape index (κ1) is 14.6. The zero-order valence-corrected chi connectivity index (χ0v) is 14.9. The highest BCUT2D eigenvalue weighted by Gasteiger charge is 2.45. The number of hydrogen-bond donors (Lipinski definition) is 0. The predicted octanol–water partition coefficient (Wildman–Crippen LogP) is 3.77. The van der Waals surface area contributed by atoms with Gasteiger partial charge in [0.05, 0.1) is 0 Å². The Bertz CT molecular complexity index is 656. The van der Waals surface area contributed by atoms with Crippen molar-refractivity contribution in [1.82, 2.24) is 4.90 Å². The van der Waals surface area contributed by atoms with E-state index in [1.165, 1.54) is 11.1 Å². The summed E-state index contributed by atoms with van der Waals surface area (Å²) in [5.74, 6) is 0. The average Bonchev–Trinajstić information content (AvgIpc) is 3.03. The van der Waals surface area contributed by atoms with E-state index in [0.717, 1.165) is 31.4 Å². The summed E-state index contributed by atoms with van der Waals surface area (Å²) in [7, 11) is 0. The summed E-state index contributed by atoms with van der Waals surface area (Å²) >= 11 is 5.74. The van der Waals surface area contributed by atoms with Crippen molar-refractivity contribution in [2.24, 2.45) is 0 Å². The van der Waals surface area contributed by atoms with Gasteiger partial charge in [0.25, 0.3) is 0 Å². The van der Waals surface area contributed by atoms with Crippen LogP contribution in [0.3, 0.4) is 0 Å². The molecule has 0 bridgehead atoms. The Hall–Kier alpha value is -1.75. The van der Waals surface area contributed by atoms with Crippen LogP contribution >= 0.6 is 11.6 Å². The smallest absolute Gasteiger partial charge is 0.411 e. The van der Waals surface area contributed by atoms with Gasteiger partial charge in [0.2, 0.25) is 6.41 Å². The van der Waals surface area contributed by atoms with E-state index in [0.29, 0.717) is 19.6 Å². The number of nitrogens with zero attached hydrogens (tertiary/aromatic N) is 2. The molecule has 0 saturated carbocycles. The molecule has 2 aliphatic rings. The van der Waals surface area contributed by atoms with Crippen LogP contribution < -0.4 is 4.90 Å². The Morgan fingerprint density at radius 3 is 2.79 bits per heavy atom. The summed E-state index contributed by atoms with van der Waals surface area (Å²) in [5, 5.41) is 0. The molecule has 1 spiro atoms. The van der Waals surface area contributed by atoms with Crippen LogP contribution in [0.2, 0.25) is 0 Å². The molecule has 1 unspecified atom stereocenters. The van der Waals surface area contributed by atoms with Crippen molar-refractivity contribution in [1.29, 1.82) is 0 Å². The lowest BCUT2D eigenvalue weighted by molar-refractivity contribution is -0.107. The van der Waals surface area contributed by atoms with Gasteiger partial charge < -0.3 is 14.5 Å². The normalized spacial score (nSPS) is 20.6. The zero-order valence-electron chi connectivity index (χ0n) is 18.1. The summed E-state index contributed by atoms with van der Waals surface area (Å²) in [6.07, 6.45) is 3.16. The number of amides is 2. The SMILES string of the molecule is CCc1ccc2c(c1)C1(CCN(C(=O)OC(C)Cl)CC1)CN2C=O.[2H][2H].[2H][2H]. The molecule has 134 valence electrons. The van der Waals surface area contributed by atoms with Crippen LogP contribution in [0.4, 0.5) is 10.5 Å². The van der Waals surface area contributed by atoms with Gasteiger partial charge in [-0.3, -0.25) is 4.79 Å². The van der Waals surface area contributed by atoms with Crippen LogP contribution in [0.5, 0.6) is 0 Å². The molecular weight excluding hydrogens is 328 g/mol. The average molecular weight is 359 g/mol. The molecule has 5 nitrogen and oxygen atoms in total. The largest absolute Gasteiger partial charge is 0.430 e. The molecule has 1 fully saturated rings. The summed E-state index contributed by atoms with van der Waals surface area (Å²) in [5.41, 5.74) is 2.84. The van der Waals surface area contributed by atoms with Gasteiger partial charge in [-0.05, 0) is 43.4 Å². The van der Waals surface area contributed by atoms with E-state index < -0.39 is 5.56 Å². The van der Waals surface area contributed by atoms with Crippen molar-refractivity contribution in [2.45, 2.75) is 44.1 Å². The number of carbonyl (C=O) groups excluding carboxylic acids is 2. The summed E-state index contributed by atoms with van der Waals surface area (Å²) in [4.78, 5) is 27.0. The van der Waals surface area contributed by atoms with Gasteiger partial charge in [-0.1, -0.05) is 30.7 Å². The third-order valence-corrected chi connectivity index (χ3v) is 5.28. The maximum atomic E-state index is 12.0. The van der Waals surface area contributed by atoms with Crippen LogP contribution in [0, 0.1) is 0 Å². The Morgan fingerprint density at radius 2 is 2.21 bits per heavy atom. The molecule has 3 rings (SSSR count). The molecule has 24 heavy (non-hydrogen) atoms. The van der Waals surface area contributed by atoms with E-state index in [-0.39, 0.29) is 11.5 Å². The lowest BCUT2D eigenvalue weighted by atomic mass is 9.74. The molecule has 0 radical (unpaired) electrons. The maximum absolute atomic E-state index is 12.0. The molecule has 0 aromatic heterocycles. The maximum Gasteiger partial charge on any atom is 0.411 e. The second kappa shape index (κ2) is 6.63. The van der Waals surface area contributed by atoms with Gasteiger partial charge in [0.15, 0.2) is 5.56 Å². The number of alkyl halides is 1. The van der Waals surface area contributed by atoms with Crippen molar-refractivity contribution in [2.75, 3.05) is 24.5 Å². The summed E-state index contributed by atoms with van der Waals surface area (Å²) < 4.78 is 25.1. The van der Waals surface area contributed by atoms with E-state index >= 15 is 0 Å². The van der Waals surface area contributed by atoms with E-state index in [1.807, 2.05) is 6.07 Å². The van der Waals surface area contributed by atoms with Gasteiger partial charge in [-0.15, -0.1) is 0 Å². The number of anilines is 1. The Balaban J connectivity index is 0.000000921. The van der Waals surface area contributed by atoms with Gasteiger partial charge in [0, 0.05) is 36.7 Å². The van der Waals surface area contributed by atoms with Crippen molar-refractivity contribution in [3.8, 4) is 0 Å². The van der Waals surface area contributed by atoms with Crippen LogP contribution in [0.25, 0.3) is 0 Å². The van der Waals surface area contributed by atoms with Crippen LogP contribution in [0.1, 0.15) is 43.8 Å². The van der Waals surface area contributed by atoms with E-state index in [4.69, 9.17) is 22.3 Å². The number of halogens is 1. The van der Waals surface area contributed by atoms with E-state index in [1.54, 1.807) is 16.7 Å². The standard InChI is InChI=1S/C18H23ClN2O3.2H2/c1-3-14-4-5-16-15(10-14)18(11-21(16)12-22)6-8-20(9-7-18)17(23)24-13(2)19;;/h4-5,10,12-13H,3,6-9,11H2,1-2H3;2*1H/i;2*1+1D. The molecule has 2 amide bonds. The van der Waals surface area contributed by atoms with Crippen molar-refractivity contribution >= 4 is 29.8 Å². The first-order valence-corrected chi connectivity index (χ1v) is 8.88. The fourth-order valence-electron chi connectivity index (χ4n) is 3.83. The minimum atomic E-state index is -0.627. The Morgan fingerprint density at radius 1 is 1.50 bits per heavy atom. The molecule has 1 atom stereocenters. The first-order valence-electron chi connectivity index (χ1n) is 10.4. The Kier molecular flexibility index (Phi) is 4.03. The van der Waals surface area contributed by atoms with Crippen molar-refractivity contribution in [3.63, 3.8) is 0 Å². The Labute approximate surface area is 153 Å². The number of carbonyl (C=O) groups is 2. The number of benzene rings is 1. The number of likely N-dealkylation sites (tertiary alicyclic amines) is 1. The van der Waals surface area contributed by atoms with E-state index in [9.17, 15) is 9.59 Å². The topological polar surface area (TPSA) is 49.9 Å². The molecule has 0 aliphatic carbocycles. The fraction of sp³-hybridized carbons (Fsp3) is 0.556. The third kappa shape index (κ3) is 2.97. The van der Waals surface area contributed by atoms with Crippen LogP contribution in [-0.4, -0.2) is 42.6 Å². The number of rotatable bonds is 3. The quantitative estimate of drug-likeness (QED) is 0.610. The molecule has 1 aromatic carbocycles. The van der Waals surface area contributed by atoms with E-state index in [2.05, 4.69) is 19.1 Å². The lowest BCUT2D eigenvalue weighted by Gasteiger charge is -2.39. The highest BCUT2D eigenvalue weighted by Crippen LogP contribution is 2.47. The highest BCUT2D eigenvalue weighted by molar-refractivity contribution is 6.19. The van der Waals surface area contributed by atoms with Gasteiger partial charge in [0.1, 0.15) is 0 Å². The zero-order chi connectivity index (χ0) is 21.3. The molecule has 1 saturated heterocycles. The summed E-state index contributed by atoms with van der Waals surface area (Å²) in [6.45, 7) is 5.68. The number of piperidine rings is 1. The molecular formula is C18H27ClN2O3. The highest BCUT2D eigenvalue weighted by atomic mass is 35.5. The molecule has 2 heterocycles. The lowest BCUT2D eigenvalue weighted by Crippen LogP contribution is -2.47. The van der Waals surface area contributed by atoms with Gasteiger partial charge in [-0.25, -0.2) is 4.79 Å². The molecule has 1 aromatic rings. The number of aryl methyl sites for hydroxylation is 1. The van der Waals surface area contributed by atoms with Crippen LogP contribution in [-0.2, 0) is 21.4 Å². The van der Waals surface area contributed by atoms with Gasteiger partial charge in [-0.2, -0.15) is 0 Å². The fourth-order valence-corrected chi connectivity index (χ4v) is 3.90. The van der Waals surface area contributed by atoms with Crippen molar-refractivity contribution < 1.29 is 20.3 Å². The minimum Gasteiger partial charge on any atom is -0.430 e. The second-order valence-corrected chi connectivity index (χ2v) is 7.25. The molecule has 2 aliphatic heterocycles. The third-order valence-electron chi connectivity index (χ3n) is 5.19. The number of fused-ring (bicyclic) bond motifs is 2. The monoisotopic (exact) mass is 358 g/mol. The number of ether oxygens (including phenoxy) is 1. The summed E-state index contributed by atoms with van der Waals surface area (Å²) in [6, 6.07) is 6.36. The van der Waals surface area contributed by atoms with Gasteiger partial charge >= 0.3 is 6.09 Å². The van der Waals surface area contributed by atoms with Crippen molar-refractivity contribution in [3.05, 3.63) is 29.3 Å². The number of hydrogen-bond acceptors (Lipinski definition) is 3. The molecule has 0 N–H and O–H groups in total. The molecule has 6 heteroatoms. The first-order chi connectivity index (χ1) is 13.5.